The van der Waals surface area contributed by atoms with Gasteiger partial charge in [-0.05, 0) is 0 Å². The fraction of sp³-hybridized carbons (Fsp3) is 0.875. The molecule has 76 valence electrons. The Kier molecular flexibility index (Phi) is 3.98. The monoisotopic (exact) mass is 188 g/mol. The summed E-state index contributed by atoms with van der Waals surface area (Å²) in [7, 11) is 3.07. The van der Waals surface area contributed by atoms with Crippen molar-refractivity contribution in [1.29, 1.82) is 0 Å². The van der Waals surface area contributed by atoms with Crippen LogP contribution in [0.3, 0.4) is 0 Å². The second-order valence-corrected chi connectivity index (χ2v) is 3.05. The minimum atomic E-state index is -0.325. The summed E-state index contributed by atoms with van der Waals surface area (Å²) < 4.78 is 10.00. The van der Waals surface area contributed by atoms with Crippen molar-refractivity contribution in [2.75, 3.05) is 40.4 Å². The van der Waals surface area contributed by atoms with E-state index < -0.39 is 0 Å². The van der Waals surface area contributed by atoms with E-state index in [4.69, 9.17) is 4.74 Å². The van der Waals surface area contributed by atoms with E-state index in [0.29, 0.717) is 13.2 Å². The molecule has 1 aliphatic rings. The number of nitrogens with zero attached hydrogens (tertiary/aromatic N) is 1. The average molecular weight is 188 g/mol. The van der Waals surface area contributed by atoms with Crippen LogP contribution in [0, 0.1) is 0 Å². The molecule has 1 heterocycles. The van der Waals surface area contributed by atoms with Gasteiger partial charge in [0.05, 0.1) is 26.4 Å². The molecule has 0 aliphatic carbocycles. The number of nitrogens with one attached hydrogen (secondary N) is 1. The lowest BCUT2D eigenvalue weighted by Crippen LogP contribution is -2.45. The molecule has 1 aliphatic heterocycles. The van der Waals surface area contributed by atoms with Crippen LogP contribution in [-0.2, 0) is 9.47 Å². The standard InChI is InChI=1S/C8H16N2O3/c1-10(8(11)12-2)6-7-5-9-3-4-13-7/h7,9H,3-6H2,1-2H3. The van der Waals surface area contributed by atoms with Crippen LogP contribution in [0.2, 0.25) is 0 Å². The summed E-state index contributed by atoms with van der Waals surface area (Å²) in [6.07, 6.45) is -0.243. The lowest BCUT2D eigenvalue weighted by atomic mass is 10.3. The predicted octanol–water partition coefficient (Wildman–Crippen LogP) is -0.327. The number of morpholine rings is 1. The van der Waals surface area contributed by atoms with Gasteiger partial charge in [-0.3, -0.25) is 0 Å². The quantitative estimate of drug-likeness (QED) is 0.645. The summed E-state index contributed by atoms with van der Waals surface area (Å²) in [6.45, 7) is 2.96. The van der Waals surface area contributed by atoms with E-state index in [1.54, 1.807) is 7.05 Å². The van der Waals surface area contributed by atoms with Crippen molar-refractivity contribution < 1.29 is 14.3 Å². The average Bonchev–Trinajstić information content (AvgIpc) is 2.18. The summed E-state index contributed by atoms with van der Waals surface area (Å²) in [6, 6.07) is 0. The molecule has 0 aromatic rings. The Morgan fingerprint density at radius 1 is 1.77 bits per heavy atom. The van der Waals surface area contributed by atoms with Crippen LogP contribution in [0.15, 0.2) is 0 Å². The highest BCUT2D eigenvalue weighted by molar-refractivity contribution is 5.66. The van der Waals surface area contributed by atoms with Crippen molar-refractivity contribution in [3.8, 4) is 0 Å². The van der Waals surface area contributed by atoms with Gasteiger partial charge in [-0.25, -0.2) is 4.79 Å². The molecule has 0 aromatic heterocycles. The highest BCUT2D eigenvalue weighted by atomic mass is 16.5. The summed E-state index contributed by atoms with van der Waals surface area (Å²) >= 11 is 0. The van der Waals surface area contributed by atoms with Crippen LogP contribution in [0.25, 0.3) is 0 Å². The second-order valence-electron chi connectivity index (χ2n) is 3.05. The van der Waals surface area contributed by atoms with Crippen LogP contribution in [-0.4, -0.2) is 57.5 Å². The Hall–Kier alpha value is -0.810. The van der Waals surface area contributed by atoms with Crippen LogP contribution < -0.4 is 5.32 Å². The van der Waals surface area contributed by atoms with Gasteiger partial charge in [0.1, 0.15) is 0 Å². The smallest absolute Gasteiger partial charge is 0.409 e. The molecule has 1 N–H and O–H groups in total. The maximum Gasteiger partial charge on any atom is 0.409 e. The van der Waals surface area contributed by atoms with Gasteiger partial charge in [0.25, 0.3) is 0 Å². The molecule has 1 saturated heterocycles. The van der Waals surface area contributed by atoms with Crippen molar-refractivity contribution >= 4 is 6.09 Å². The highest BCUT2D eigenvalue weighted by Gasteiger charge is 2.18. The molecule has 0 bridgehead atoms. The Labute approximate surface area is 78.0 Å². The molecule has 1 rings (SSSR count). The van der Waals surface area contributed by atoms with Gasteiger partial charge in [-0.2, -0.15) is 0 Å². The van der Waals surface area contributed by atoms with Gasteiger partial charge in [-0.1, -0.05) is 0 Å². The molecule has 0 saturated carbocycles. The van der Waals surface area contributed by atoms with Crippen LogP contribution in [0.5, 0.6) is 0 Å². The number of methoxy groups -OCH3 is 1. The molecule has 0 spiro atoms. The number of hydrogen-bond donors (Lipinski definition) is 1. The topological polar surface area (TPSA) is 50.8 Å². The largest absolute Gasteiger partial charge is 0.453 e. The summed E-state index contributed by atoms with van der Waals surface area (Å²) in [4.78, 5) is 12.5. The van der Waals surface area contributed by atoms with Gasteiger partial charge < -0.3 is 19.7 Å². The van der Waals surface area contributed by atoms with E-state index in [9.17, 15) is 4.79 Å². The predicted molar refractivity (Wildman–Crippen MR) is 47.6 cm³/mol. The maximum absolute atomic E-state index is 11.0. The zero-order valence-corrected chi connectivity index (χ0v) is 8.08. The van der Waals surface area contributed by atoms with Gasteiger partial charge in [0, 0.05) is 20.1 Å². The fourth-order valence-corrected chi connectivity index (χ4v) is 1.27. The second kappa shape index (κ2) is 5.04. The minimum absolute atomic E-state index is 0.0813. The number of amides is 1. The molecule has 5 heteroatoms. The number of ether oxygens (including phenoxy) is 2. The van der Waals surface area contributed by atoms with Gasteiger partial charge in [0.15, 0.2) is 0 Å². The third-order valence-electron chi connectivity index (χ3n) is 1.97. The van der Waals surface area contributed by atoms with Gasteiger partial charge in [0.2, 0.25) is 0 Å². The first-order chi connectivity index (χ1) is 6.24. The van der Waals surface area contributed by atoms with Crippen molar-refractivity contribution in [1.82, 2.24) is 10.2 Å². The van der Waals surface area contributed by atoms with Crippen LogP contribution in [0.1, 0.15) is 0 Å². The first-order valence-corrected chi connectivity index (χ1v) is 4.35. The number of hydrogen-bond acceptors (Lipinski definition) is 4. The Balaban J connectivity index is 2.25. The first kappa shape index (κ1) is 10.3. The molecule has 13 heavy (non-hydrogen) atoms. The van der Waals surface area contributed by atoms with Crippen LogP contribution >= 0.6 is 0 Å². The van der Waals surface area contributed by atoms with Crippen molar-refractivity contribution in [3.05, 3.63) is 0 Å². The van der Waals surface area contributed by atoms with Gasteiger partial charge >= 0.3 is 6.09 Å². The summed E-state index contributed by atoms with van der Waals surface area (Å²) in [5, 5.41) is 3.19. The van der Waals surface area contributed by atoms with E-state index in [1.165, 1.54) is 12.0 Å². The highest BCUT2D eigenvalue weighted by Crippen LogP contribution is 1.99. The van der Waals surface area contributed by atoms with E-state index in [-0.39, 0.29) is 12.2 Å². The number of rotatable bonds is 2. The molecule has 1 amide bonds. The maximum atomic E-state index is 11.0. The molecule has 1 fully saturated rings. The van der Waals surface area contributed by atoms with Gasteiger partial charge in [-0.15, -0.1) is 0 Å². The molecule has 0 radical (unpaired) electrons. The fourth-order valence-electron chi connectivity index (χ4n) is 1.27. The third kappa shape index (κ3) is 3.20. The van der Waals surface area contributed by atoms with E-state index in [1.807, 2.05) is 0 Å². The van der Waals surface area contributed by atoms with Crippen molar-refractivity contribution in [3.63, 3.8) is 0 Å². The minimum Gasteiger partial charge on any atom is -0.453 e. The first-order valence-electron chi connectivity index (χ1n) is 4.35. The number of carbonyl (C=O) groups is 1. The van der Waals surface area contributed by atoms with Crippen molar-refractivity contribution in [2.45, 2.75) is 6.10 Å². The normalized spacial score (nSPS) is 22.5. The van der Waals surface area contributed by atoms with Crippen molar-refractivity contribution in [2.24, 2.45) is 0 Å². The summed E-state index contributed by atoms with van der Waals surface area (Å²) in [5.41, 5.74) is 0. The molecular weight excluding hydrogens is 172 g/mol. The molecule has 1 atom stereocenters. The number of likely N-dealkylation sites (N-methyl/N-ethyl adjacent to an activating group) is 1. The zero-order valence-electron chi connectivity index (χ0n) is 8.08. The lowest BCUT2D eigenvalue weighted by Gasteiger charge is -2.27. The molecule has 1 unspecified atom stereocenters. The Morgan fingerprint density at radius 3 is 3.08 bits per heavy atom. The SMILES string of the molecule is COC(=O)N(C)CC1CNCCO1. The van der Waals surface area contributed by atoms with E-state index in [2.05, 4.69) is 10.1 Å². The lowest BCUT2D eigenvalue weighted by molar-refractivity contribution is 0.0101. The van der Waals surface area contributed by atoms with E-state index >= 15 is 0 Å². The molecular formula is C8H16N2O3. The molecule has 0 aromatic carbocycles. The Bertz CT molecular complexity index is 169. The van der Waals surface area contributed by atoms with E-state index in [0.717, 1.165) is 13.1 Å². The number of carbonyl (C=O) groups excluding carboxylic acids is 1. The Morgan fingerprint density at radius 2 is 2.54 bits per heavy atom. The molecule has 5 nitrogen and oxygen atoms in total. The zero-order chi connectivity index (χ0) is 9.68. The third-order valence-corrected chi connectivity index (χ3v) is 1.97. The summed E-state index contributed by atoms with van der Waals surface area (Å²) in [5.74, 6) is 0. The van der Waals surface area contributed by atoms with Crippen LogP contribution in [0.4, 0.5) is 4.79 Å².